The molecule has 0 saturated heterocycles. The second kappa shape index (κ2) is 7.43. The first-order valence-corrected chi connectivity index (χ1v) is 7.14. The third kappa shape index (κ3) is 4.31. The van der Waals surface area contributed by atoms with Crippen LogP contribution >= 0.6 is 11.3 Å². The van der Waals surface area contributed by atoms with Gasteiger partial charge in [0.1, 0.15) is 12.4 Å². The molecule has 0 unspecified atom stereocenters. The quantitative estimate of drug-likeness (QED) is 0.849. The summed E-state index contributed by atoms with van der Waals surface area (Å²) in [4.78, 5) is 16.8. The summed E-state index contributed by atoms with van der Waals surface area (Å²) in [7, 11) is 0. The number of rotatable bonds is 4. The van der Waals surface area contributed by atoms with Crippen molar-refractivity contribution in [2.75, 3.05) is 18.5 Å². The van der Waals surface area contributed by atoms with Crippen LogP contribution in [0.25, 0.3) is 0 Å². The lowest BCUT2D eigenvalue weighted by atomic mass is 10.2. The van der Waals surface area contributed by atoms with Crippen molar-refractivity contribution in [2.24, 2.45) is 0 Å². The highest BCUT2D eigenvalue weighted by Crippen LogP contribution is 2.18. The maximum atomic E-state index is 12.0. The zero-order chi connectivity index (χ0) is 15.1. The number of nitrogens with one attached hydrogen (secondary N) is 1. The number of hydrogen-bond donors (Lipinski definition) is 2. The average molecular weight is 302 g/mol. The molecule has 2 aromatic rings. The molecule has 1 aromatic heterocycles. The van der Waals surface area contributed by atoms with E-state index < -0.39 is 0 Å². The highest BCUT2D eigenvalue weighted by molar-refractivity contribution is 7.16. The van der Waals surface area contributed by atoms with Crippen molar-refractivity contribution in [1.82, 2.24) is 4.98 Å². The third-order valence-electron chi connectivity index (χ3n) is 2.44. The number of nitrogens with zero attached hydrogens (tertiary/aromatic N) is 1. The van der Waals surface area contributed by atoms with E-state index in [4.69, 9.17) is 9.84 Å². The predicted molar refractivity (Wildman–Crippen MR) is 81.6 cm³/mol. The van der Waals surface area contributed by atoms with Crippen LogP contribution in [0.4, 0.5) is 5.13 Å². The number of benzene rings is 1. The van der Waals surface area contributed by atoms with E-state index in [1.165, 1.54) is 11.3 Å². The molecule has 5 nitrogen and oxygen atoms in total. The Morgan fingerprint density at radius 1 is 1.43 bits per heavy atom. The van der Waals surface area contributed by atoms with E-state index in [2.05, 4.69) is 22.1 Å². The molecule has 1 aromatic carbocycles. The van der Waals surface area contributed by atoms with E-state index in [-0.39, 0.29) is 12.5 Å². The molecule has 0 saturated carbocycles. The molecule has 1 heterocycles. The molecule has 2 rings (SSSR count). The Labute approximate surface area is 126 Å². The number of carbonyl (C=O) groups is 1. The predicted octanol–water partition coefficient (Wildman–Crippen LogP) is 2.14. The second-order valence-electron chi connectivity index (χ2n) is 3.90. The fourth-order valence-electron chi connectivity index (χ4n) is 1.55. The third-order valence-corrected chi connectivity index (χ3v) is 3.27. The van der Waals surface area contributed by atoms with Crippen molar-refractivity contribution in [3.05, 3.63) is 40.9 Å². The van der Waals surface area contributed by atoms with Gasteiger partial charge in [0, 0.05) is 5.56 Å². The minimum absolute atomic E-state index is 0.203. The molecule has 1 amide bonds. The molecule has 0 atom stereocenters. The van der Waals surface area contributed by atoms with Crippen LogP contribution in [0.2, 0.25) is 0 Å². The lowest BCUT2D eigenvalue weighted by Crippen LogP contribution is -2.11. The fraction of sp³-hybridized carbons (Fsp3) is 0.200. The Kier molecular flexibility index (Phi) is 5.32. The fourth-order valence-corrected chi connectivity index (χ4v) is 2.24. The molecular weight excluding hydrogens is 288 g/mol. The minimum atomic E-state index is -0.242. The van der Waals surface area contributed by atoms with Gasteiger partial charge in [0.15, 0.2) is 5.13 Å². The molecule has 0 spiro atoms. The Morgan fingerprint density at radius 3 is 2.86 bits per heavy atom. The Hall–Kier alpha value is -2.36. The zero-order valence-electron chi connectivity index (χ0n) is 11.4. The van der Waals surface area contributed by atoms with Gasteiger partial charge < -0.3 is 9.84 Å². The molecule has 2 N–H and O–H groups in total. The molecule has 0 radical (unpaired) electrons. The first-order chi connectivity index (χ1) is 10.2. The Balaban J connectivity index is 2.02. The monoisotopic (exact) mass is 302 g/mol. The van der Waals surface area contributed by atoms with Gasteiger partial charge in [0.25, 0.3) is 5.91 Å². The highest BCUT2D eigenvalue weighted by Gasteiger charge is 2.08. The lowest BCUT2D eigenvalue weighted by molar-refractivity contribution is 0.102. The summed E-state index contributed by atoms with van der Waals surface area (Å²) in [5.41, 5.74) is 0.525. The molecular formula is C15H14N2O3S. The summed E-state index contributed by atoms with van der Waals surface area (Å²) in [5, 5.41) is 11.8. The summed E-state index contributed by atoms with van der Waals surface area (Å²) < 4.78 is 5.32. The number of anilines is 1. The van der Waals surface area contributed by atoms with E-state index in [1.54, 1.807) is 30.5 Å². The van der Waals surface area contributed by atoms with Crippen LogP contribution in [0.5, 0.6) is 5.75 Å². The highest BCUT2D eigenvalue weighted by atomic mass is 32.1. The smallest absolute Gasteiger partial charge is 0.257 e. The lowest BCUT2D eigenvalue weighted by Gasteiger charge is -2.04. The maximum absolute atomic E-state index is 12.0. The van der Waals surface area contributed by atoms with Gasteiger partial charge in [0.2, 0.25) is 0 Å². The van der Waals surface area contributed by atoms with Gasteiger partial charge in [-0.25, -0.2) is 4.98 Å². The first-order valence-electron chi connectivity index (χ1n) is 6.32. The average Bonchev–Trinajstić information content (AvgIpc) is 2.93. The Bertz CT molecular complexity index is 668. The molecule has 6 heteroatoms. The minimum Gasteiger partial charge on any atom is -0.494 e. The normalized spacial score (nSPS) is 9.62. The van der Waals surface area contributed by atoms with Crippen LogP contribution in [0.3, 0.4) is 0 Å². The van der Waals surface area contributed by atoms with Gasteiger partial charge in [0.05, 0.1) is 17.7 Å². The maximum Gasteiger partial charge on any atom is 0.257 e. The van der Waals surface area contributed by atoms with Crippen molar-refractivity contribution in [1.29, 1.82) is 0 Å². The number of amides is 1. The van der Waals surface area contributed by atoms with Crippen molar-refractivity contribution >= 4 is 22.4 Å². The van der Waals surface area contributed by atoms with Crippen molar-refractivity contribution in [2.45, 2.75) is 6.92 Å². The number of ether oxygens (including phenoxy) is 1. The Morgan fingerprint density at radius 2 is 2.19 bits per heavy atom. The van der Waals surface area contributed by atoms with Crippen molar-refractivity contribution in [3.8, 4) is 17.6 Å². The number of aromatic nitrogens is 1. The summed E-state index contributed by atoms with van der Waals surface area (Å²) in [6, 6.07) is 6.89. The summed E-state index contributed by atoms with van der Waals surface area (Å²) in [6.45, 7) is 2.29. The summed E-state index contributed by atoms with van der Waals surface area (Å²) in [5.74, 6) is 5.75. The van der Waals surface area contributed by atoms with Gasteiger partial charge in [-0.2, -0.15) is 0 Å². The van der Waals surface area contributed by atoms with E-state index in [0.29, 0.717) is 22.2 Å². The molecule has 21 heavy (non-hydrogen) atoms. The van der Waals surface area contributed by atoms with Gasteiger partial charge in [-0.05, 0) is 31.2 Å². The summed E-state index contributed by atoms with van der Waals surface area (Å²) in [6.07, 6.45) is 1.56. The molecule has 108 valence electrons. The van der Waals surface area contributed by atoms with Crippen LogP contribution in [0, 0.1) is 11.8 Å². The van der Waals surface area contributed by atoms with Gasteiger partial charge in [-0.15, -0.1) is 0 Å². The van der Waals surface area contributed by atoms with Gasteiger partial charge in [-0.1, -0.05) is 23.2 Å². The van der Waals surface area contributed by atoms with E-state index in [0.717, 1.165) is 5.75 Å². The van der Waals surface area contributed by atoms with Crippen LogP contribution in [-0.2, 0) is 0 Å². The number of aliphatic hydroxyl groups is 1. The molecule has 0 fully saturated rings. The van der Waals surface area contributed by atoms with Gasteiger partial charge in [-0.3, -0.25) is 10.1 Å². The number of thiazole rings is 1. The van der Waals surface area contributed by atoms with E-state index >= 15 is 0 Å². The molecule has 0 aliphatic rings. The molecule has 0 aliphatic carbocycles. The zero-order valence-corrected chi connectivity index (χ0v) is 12.2. The molecule has 0 aliphatic heterocycles. The van der Waals surface area contributed by atoms with E-state index in [1.807, 2.05) is 6.92 Å². The van der Waals surface area contributed by atoms with E-state index in [9.17, 15) is 4.79 Å². The van der Waals surface area contributed by atoms with Crippen LogP contribution < -0.4 is 10.1 Å². The van der Waals surface area contributed by atoms with Crippen LogP contribution in [0.15, 0.2) is 30.5 Å². The number of aliphatic hydroxyl groups excluding tert-OH is 1. The number of carbonyl (C=O) groups excluding carboxylic acids is 1. The molecule has 0 bridgehead atoms. The first kappa shape index (κ1) is 15.0. The van der Waals surface area contributed by atoms with Crippen molar-refractivity contribution in [3.63, 3.8) is 0 Å². The van der Waals surface area contributed by atoms with Crippen molar-refractivity contribution < 1.29 is 14.6 Å². The topological polar surface area (TPSA) is 71.5 Å². The van der Waals surface area contributed by atoms with Crippen LogP contribution in [0.1, 0.15) is 22.2 Å². The van der Waals surface area contributed by atoms with Gasteiger partial charge >= 0.3 is 0 Å². The summed E-state index contributed by atoms with van der Waals surface area (Å²) >= 11 is 1.25. The number of hydrogen-bond acceptors (Lipinski definition) is 5. The van der Waals surface area contributed by atoms with Crippen LogP contribution in [-0.4, -0.2) is 29.2 Å². The SMILES string of the molecule is CCOc1ccc(C(=O)Nc2ncc(C#CCO)s2)cc1. The standard InChI is InChI=1S/C15H14N2O3S/c1-2-20-12-7-5-11(6-8-12)14(19)17-15-16-10-13(21-15)4-3-9-18/h5-8,10,18H,2,9H2,1H3,(H,16,17,19). The largest absolute Gasteiger partial charge is 0.494 e. The second-order valence-corrected chi connectivity index (χ2v) is 4.93.